The molecule has 17 nitrogen and oxygen atoms in total. The first-order valence-electron chi connectivity index (χ1n) is 43.1. The number of phosphoric ester groups is 2. The second-order valence-corrected chi connectivity index (χ2v) is 33.3. The normalized spacial score (nSPS) is 13.8. The van der Waals surface area contributed by atoms with Gasteiger partial charge in [0.15, 0.2) is 12.2 Å². The standard InChI is InChI=1S/C83H162O17P2/c1-6-9-12-15-18-20-22-24-25-26-27-28-29-30-35-38-41-45-49-54-59-64-69-83(88)100-79(73-94-81(86)67-62-57-52-47-44-40-37-34-32-31-33-36-39-42-46-51-55-60-65-76(4)5)75-98-102(91,92)96-71-77(84)70-95-101(89,90)97-74-78(72-93-80(85)66-61-56-50-17-14-11-8-3)99-82(87)68-63-58-53-48-43-23-21-19-16-13-10-7-2/h76-79,84H,6-75H2,1-5H3,(H,89,90)(H,91,92)/t77-,78+,79+/m0/s1. The lowest BCUT2D eigenvalue weighted by atomic mass is 10.0. The molecule has 0 aromatic heterocycles. The van der Waals surface area contributed by atoms with Gasteiger partial charge in [-0.05, 0) is 31.6 Å². The lowest BCUT2D eigenvalue weighted by molar-refractivity contribution is -0.161. The Morgan fingerprint density at radius 2 is 0.451 bits per heavy atom. The van der Waals surface area contributed by atoms with Crippen LogP contribution in [0.4, 0.5) is 0 Å². The smallest absolute Gasteiger partial charge is 0.462 e. The van der Waals surface area contributed by atoms with E-state index in [0.717, 1.165) is 109 Å². The molecular formula is C83H162O17P2. The minimum Gasteiger partial charge on any atom is -0.462 e. The van der Waals surface area contributed by atoms with Gasteiger partial charge in [-0.25, -0.2) is 9.13 Å². The minimum absolute atomic E-state index is 0.107. The van der Waals surface area contributed by atoms with Gasteiger partial charge in [0.2, 0.25) is 0 Å². The maximum absolute atomic E-state index is 13.1. The molecule has 19 heteroatoms. The average molecular weight is 1490 g/mol. The first-order valence-corrected chi connectivity index (χ1v) is 46.1. The van der Waals surface area contributed by atoms with E-state index in [1.54, 1.807) is 0 Å². The van der Waals surface area contributed by atoms with E-state index in [2.05, 4.69) is 34.6 Å². The second-order valence-electron chi connectivity index (χ2n) is 30.3. The van der Waals surface area contributed by atoms with Crippen LogP contribution in [-0.4, -0.2) is 96.7 Å². The van der Waals surface area contributed by atoms with E-state index < -0.39 is 97.5 Å². The first kappa shape index (κ1) is 100. The van der Waals surface area contributed by atoms with Crippen molar-refractivity contribution in [1.82, 2.24) is 0 Å². The molecule has 0 rings (SSSR count). The van der Waals surface area contributed by atoms with E-state index in [9.17, 15) is 43.2 Å². The third-order valence-corrected chi connectivity index (χ3v) is 21.4. The summed E-state index contributed by atoms with van der Waals surface area (Å²) in [4.78, 5) is 72.9. The highest BCUT2D eigenvalue weighted by Gasteiger charge is 2.30. The molecule has 5 atom stereocenters. The topological polar surface area (TPSA) is 237 Å². The van der Waals surface area contributed by atoms with Crippen molar-refractivity contribution in [3.8, 4) is 0 Å². The number of esters is 4. The lowest BCUT2D eigenvalue weighted by Gasteiger charge is -2.21. The zero-order valence-corrected chi connectivity index (χ0v) is 68.5. The molecule has 0 saturated carbocycles. The summed E-state index contributed by atoms with van der Waals surface area (Å²) in [5.74, 6) is -1.29. The fraction of sp³-hybridized carbons (Fsp3) is 0.952. The fourth-order valence-corrected chi connectivity index (χ4v) is 14.5. The number of carbonyl (C=O) groups is 4. The molecule has 0 radical (unpaired) electrons. The third-order valence-electron chi connectivity index (χ3n) is 19.5. The minimum atomic E-state index is -4.96. The molecule has 0 aliphatic rings. The van der Waals surface area contributed by atoms with Gasteiger partial charge < -0.3 is 33.8 Å². The predicted molar refractivity (Wildman–Crippen MR) is 418 cm³/mol. The van der Waals surface area contributed by atoms with Crippen LogP contribution in [-0.2, 0) is 65.4 Å². The number of hydrogen-bond donors (Lipinski definition) is 3. The van der Waals surface area contributed by atoms with Crippen LogP contribution in [0.2, 0.25) is 0 Å². The molecule has 102 heavy (non-hydrogen) atoms. The van der Waals surface area contributed by atoms with Gasteiger partial charge in [-0.1, -0.05) is 394 Å². The van der Waals surface area contributed by atoms with Gasteiger partial charge in [0, 0.05) is 25.7 Å². The molecular weight excluding hydrogens is 1330 g/mol. The van der Waals surface area contributed by atoms with Crippen molar-refractivity contribution in [2.45, 2.75) is 464 Å². The Balaban J connectivity index is 5.14. The van der Waals surface area contributed by atoms with E-state index in [0.29, 0.717) is 25.7 Å². The van der Waals surface area contributed by atoms with Gasteiger partial charge in [-0.2, -0.15) is 0 Å². The summed E-state index contributed by atoms with van der Waals surface area (Å²) in [6.07, 6.45) is 68.4. The van der Waals surface area contributed by atoms with E-state index in [1.165, 1.54) is 257 Å². The van der Waals surface area contributed by atoms with Gasteiger partial charge >= 0.3 is 39.5 Å². The summed E-state index contributed by atoms with van der Waals surface area (Å²) in [7, 11) is -9.91. The molecule has 606 valence electrons. The van der Waals surface area contributed by atoms with E-state index >= 15 is 0 Å². The van der Waals surface area contributed by atoms with Crippen LogP contribution in [0.1, 0.15) is 446 Å². The van der Waals surface area contributed by atoms with Gasteiger partial charge in [-0.15, -0.1) is 0 Å². The number of hydrogen-bond acceptors (Lipinski definition) is 15. The molecule has 3 N–H and O–H groups in total. The maximum atomic E-state index is 13.1. The lowest BCUT2D eigenvalue weighted by Crippen LogP contribution is -2.30. The summed E-state index contributed by atoms with van der Waals surface area (Å²) in [6.45, 7) is 7.33. The number of phosphoric acid groups is 2. The molecule has 0 spiro atoms. The van der Waals surface area contributed by atoms with Crippen molar-refractivity contribution >= 4 is 39.5 Å². The number of unbranched alkanes of at least 4 members (excludes halogenated alkanes) is 55. The van der Waals surface area contributed by atoms with Crippen molar-refractivity contribution < 1.29 is 80.2 Å². The van der Waals surface area contributed by atoms with Gasteiger partial charge in [-0.3, -0.25) is 37.3 Å². The van der Waals surface area contributed by atoms with Crippen LogP contribution >= 0.6 is 15.6 Å². The monoisotopic (exact) mass is 1490 g/mol. The number of carbonyl (C=O) groups excluding carboxylic acids is 4. The Labute approximate surface area is 626 Å². The number of aliphatic hydroxyl groups excluding tert-OH is 1. The van der Waals surface area contributed by atoms with Crippen molar-refractivity contribution in [2.75, 3.05) is 39.6 Å². The molecule has 0 aromatic carbocycles. The van der Waals surface area contributed by atoms with Crippen molar-refractivity contribution in [3.05, 3.63) is 0 Å². The Bertz CT molecular complexity index is 1940. The largest absolute Gasteiger partial charge is 0.472 e. The number of aliphatic hydroxyl groups is 1. The van der Waals surface area contributed by atoms with Gasteiger partial charge in [0.05, 0.1) is 26.4 Å². The van der Waals surface area contributed by atoms with E-state index in [-0.39, 0.29) is 25.7 Å². The highest BCUT2D eigenvalue weighted by molar-refractivity contribution is 7.47. The Morgan fingerprint density at radius 1 is 0.265 bits per heavy atom. The van der Waals surface area contributed by atoms with Gasteiger partial charge in [0.1, 0.15) is 19.3 Å². The van der Waals surface area contributed by atoms with Crippen LogP contribution < -0.4 is 0 Å². The van der Waals surface area contributed by atoms with Crippen LogP contribution in [0.5, 0.6) is 0 Å². The zero-order valence-electron chi connectivity index (χ0n) is 66.8. The summed E-state index contributed by atoms with van der Waals surface area (Å²) in [6, 6.07) is 0. The van der Waals surface area contributed by atoms with E-state index in [4.69, 9.17) is 37.0 Å². The third kappa shape index (κ3) is 76.3. The number of ether oxygens (including phenoxy) is 4. The molecule has 0 aliphatic carbocycles. The van der Waals surface area contributed by atoms with Crippen LogP contribution in [0.15, 0.2) is 0 Å². The van der Waals surface area contributed by atoms with Crippen molar-refractivity contribution in [3.63, 3.8) is 0 Å². The average Bonchev–Trinajstić information content (AvgIpc) is 0.968. The summed E-state index contributed by atoms with van der Waals surface area (Å²) < 4.78 is 68.6. The quantitative estimate of drug-likeness (QED) is 0.0222. The molecule has 0 bridgehead atoms. The number of rotatable bonds is 83. The van der Waals surface area contributed by atoms with Crippen LogP contribution in [0, 0.1) is 5.92 Å². The van der Waals surface area contributed by atoms with E-state index in [1.807, 2.05) is 0 Å². The summed E-state index contributed by atoms with van der Waals surface area (Å²) in [5.41, 5.74) is 0. The highest BCUT2D eigenvalue weighted by Crippen LogP contribution is 2.45. The SMILES string of the molecule is CCCCCCCCCCCCCCCCCCCCCCCCC(=O)O[C@H](COC(=O)CCCCCCCCCCCCCCCCCCCCC(C)C)COP(=O)(O)OC[C@@H](O)COP(=O)(O)OC[C@@H](COC(=O)CCCCCCCCC)OC(=O)CCCCCCCCCCCCCC. The fourth-order valence-electron chi connectivity index (χ4n) is 12.9. The maximum Gasteiger partial charge on any atom is 0.472 e. The Morgan fingerprint density at radius 3 is 0.667 bits per heavy atom. The summed E-state index contributed by atoms with van der Waals surface area (Å²) >= 11 is 0. The van der Waals surface area contributed by atoms with Crippen LogP contribution in [0.3, 0.4) is 0 Å². The highest BCUT2D eigenvalue weighted by atomic mass is 31.2. The molecule has 0 amide bonds. The van der Waals surface area contributed by atoms with Crippen molar-refractivity contribution in [1.29, 1.82) is 0 Å². The van der Waals surface area contributed by atoms with Crippen LogP contribution in [0.25, 0.3) is 0 Å². The molecule has 0 aromatic rings. The Kier molecular flexibility index (Phi) is 74.4. The predicted octanol–water partition coefficient (Wildman–Crippen LogP) is 25.2. The summed E-state index contributed by atoms with van der Waals surface area (Å²) in [5, 5.41) is 10.6. The molecule has 0 fully saturated rings. The molecule has 2 unspecified atom stereocenters. The molecule has 0 saturated heterocycles. The molecule has 0 heterocycles. The molecule has 0 aliphatic heterocycles. The zero-order chi connectivity index (χ0) is 74.8. The Hall–Kier alpha value is -1.94. The first-order chi connectivity index (χ1) is 49.5. The van der Waals surface area contributed by atoms with Gasteiger partial charge in [0.25, 0.3) is 0 Å². The second kappa shape index (κ2) is 75.9. The van der Waals surface area contributed by atoms with Crippen molar-refractivity contribution in [2.24, 2.45) is 5.92 Å².